The van der Waals surface area contributed by atoms with Gasteiger partial charge in [-0.1, -0.05) is 42.0 Å². The maximum Gasteiger partial charge on any atom is 0.335 e. The van der Waals surface area contributed by atoms with E-state index < -0.39 is 5.97 Å². The molecule has 0 aliphatic heterocycles. The normalized spacial score (nSPS) is 15.8. The van der Waals surface area contributed by atoms with Crippen LogP contribution in [0.5, 0.6) is 0 Å². The third-order valence-corrected chi connectivity index (χ3v) is 4.58. The second-order valence-corrected chi connectivity index (χ2v) is 6.32. The summed E-state index contributed by atoms with van der Waals surface area (Å²) in [5.74, 6) is -0.986. The fourth-order valence-electron chi connectivity index (χ4n) is 3.36. The average Bonchev–Trinajstić information content (AvgIpc) is 2.95. The molecule has 0 radical (unpaired) electrons. The molecule has 0 saturated carbocycles. The Balaban J connectivity index is 1.61. The van der Waals surface area contributed by atoms with Crippen molar-refractivity contribution in [2.24, 2.45) is 0 Å². The second-order valence-electron chi connectivity index (χ2n) is 6.32. The number of rotatable bonds is 5. The summed E-state index contributed by atoms with van der Waals surface area (Å²) in [5, 5.41) is 12.3. The number of aromatic carboxylic acids is 1. The summed E-state index contributed by atoms with van der Waals surface area (Å²) in [5.41, 5.74) is 4.73. The molecule has 2 aromatic carbocycles. The topological polar surface area (TPSA) is 66.4 Å². The van der Waals surface area contributed by atoms with Gasteiger partial charge in [0, 0.05) is 6.42 Å². The van der Waals surface area contributed by atoms with Gasteiger partial charge in [-0.25, -0.2) is 4.79 Å². The summed E-state index contributed by atoms with van der Waals surface area (Å²) >= 11 is 0. The van der Waals surface area contributed by atoms with Crippen LogP contribution in [-0.2, 0) is 17.6 Å². The van der Waals surface area contributed by atoms with Gasteiger partial charge in [-0.15, -0.1) is 0 Å². The van der Waals surface area contributed by atoms with Crippen molar-refractivity contribution in [1.29, 1.82) is 0 Å². The molecule has 1 aliphatic rings. The SMILES string of the molecule is Cc1ccc2c(c1)CCC2NC(=O)CCc1ccccc1C(=O)O. The zero-order valence-electron chi connectivity index (χ0n) is 13.7. The number of hydrogen-bond donors (Lipinski definition) is 2. The minimum atomic E-state index is -0.953. The highest BCUT2D eigenvalue weighted by atomic mass is 16.4. The van der Waals surface area contributed by atoms with Crippen molar-refractivity contribution in [3.05, 3.63) is 70.3 Å². The van der Waals surface area contributed by atoms with E-state index in [2.05, 4.69) is 30.4 Å². The lowest BCUT2D eigenvalue weighted by atomic mass is 10.0. The Morgan fingerprint density at radius 1 is 1.21 bits per heavy atom. The fraction of sp³-hybridized carbons (Fsp3) is 0.300. The Morgan fingerprint density at radius 2 is 2.00 bits per heavy atom. The number of nitrogens with one attached hydrogen (secondary N) is 1. The number of fused-ring (bicyclic) bond motifs is 1. The van der Waals surface area contributed by atoms with Crippen molar-refractivity contribution in [3.63, 3.8) is 0 Å². The van der Waals surface area contributed by atoms with Gasteiger partial charge < -0.3 is 10.4 Å². The van der Waals surface area contributed by atoms with Gasteiger partial charge in [0.2, 0.25) is 5.91 Å². The van der Waals surface area contributed by atoms with Crippen LogP contribution >= 0.6 is 0 Å². The Labute approximate surface area is 141 Å². The zero-order valence-corrected chi connectivity index (χ0v) is 13.7. The minimum absolute atomic E-state index is 0.0337. The predicted molar refractivity (Wildman–Crippen MR) is 92.1 cm³/mol. The quantitative estimate of drug-likeness (QED) is 0.886. The van der Waals surface area contributed by atoms with E-state index in [1.54, 1.807) is 24.3 Å². The molecule has 24 heavy (non-hydrogen) atoms. The number of carbonyl (C=O) groups excluding carboxylic acids is 1. The second kappa shape index (κ2) is 6.87. The molecular formula is C20H21NO3. The maximum atomic E-state index is 12.3. The summed E-state index contributed by atoms with van der Waals surface area (Å²) in [7, 11) is 0. The number of carboxylic acid groups (broad SMARTS) is 1. The standard InChI is InChI=1S/C20H21NO3/c1-13-6-9-16-15(12-13)7-10-18(16)21-19(22)11-8-14-4-2-3-5-17(14)20(23)24/h2-6,9,12,18H,7-8,10-11H2,1H3,(H,21,22)(H,23,24). The molecule has 0 saturated heterocycles. The van der Waals surface area contributed by atoms with E-state index in [0.29, 0.717) is 18.4 Å². The van der Waals surface area contributed by atoms with Crippen molar-refractivity contribution < 1.29 is 14.7 Å². The monoisotopic (exact) mass is 323 g/mol. The van der Waals surface area contributed by atoms with Crippen molar-refractivity contribution in [2.45, 2.75) is 38.6 Å². The zero-order chi connectivity index (χ0) is 17.1. The first-order chi connectivity index (χ1) is 11.5. The predicted octanol–water partition coefficient (Wildman–Crippen LogP) is 3.43. The maximum absolute atomic E-state index is 12.3. The lowest BCUT2D eigenvalue weighted by Gasteiger charge is -2.14. The van der Waals surface area contributed by atoms with Crippen LogP contribution in [0.1, 0.15) is 51.5 Å². The van der Waals surface area contributed by atoms with Gasteiger partial charge in [0.15, 0.2) is 0 Å². The summed E-state index contributed by atoms with van der Waals surface area (Å²) in [4.78, 5) is 23.5. The van der Waals surface area contributed by atoms with Crippen LogP contribution in [0.25, 0.3) is 0 Å². The van der Waals surface area contributed by atoms with E-state index in [9.17, 15) is 14.7 Å². The number of aryl methyl sites for hydroxylation is 3. The van der Waals surface area contributed by atoms with Gasteiger partial charge in [-0.3, -0.25) is 4.79 Å². The molecule has 1 aliphatic carbocycles. The molecule has 0 bridgehead atoms. The highest BCUT2D eigenvalue weighted by Gasteiger charge is 2.23. The lowest BCUT2D eigenvalue weighted by molar-refractivity contribution is -0.121. The molecule has 1 unspecified atom stereocenters. The Hall–Kier alpha value is -2.62. The van der Waals surface area contributed by atoms with Gasteiger partial charge in [0.25, 0.3) is 0 Å². The summed E-state index contributed by atoms with van der Waals surface area (Å²) < 4.78 is 0. The van der Waals surface area contributed by atoms with Crippen LogP contribution in [0.4, 0.5) is 0 Å². The Kier molecular flexibility index (Phi) is 4.65. The Morgan fingerprint density at radius 3 is 2.79 bits per heavy atom. The molecule has 1 atom stereocenters. The first-order valence-electron chi connectivity index (χ1n) is 8.24. The van der Waals surface area contributed by atoms with Gasteiger partial charge in [0.05, 0.1) is 11.6 Å². The number of carboxylic acids is 1. The molecule has 124 valence electrons. The minimum Gasteiger partial charge on any atom is -0.478 e. The molecule has 0 spiro atoms. The van der Waals surface area contributed by atoms with Gasteiger partial charge in [0.1, 0.15) is 0 Å². The Bertz CT molecular complexity index is 782. The number of amides is 1. The van der Waals surface area contributed by atoms with Crippen LogP contribution in [-0.4, -0.2) is 17.0 Å². The molecule has 1 amide bonds. The van der Waals surface area contributed by atoms with Crippen LogP contribution in [0.2, 0.25) is 0 Å². The van der Waals surface area contributed by atoms with Crippen LogP contribution in [0, 0.1) is 6.92 Å². The molecule has 0 fully saturated rings. The third-order valence-electron chi connectivity index (χ3n) is 4.58. The molecule has 0 aromatic heterocycles. The van der Waals surface area contributed by atoms with E-state index >= 15 is 0 Å². The van der Waals surface area contributed by atoms with E-state index in [-0.39, 0.29) is 17.5 Å². The van der Waals surface area contributed by atoms with E-state index in [1.165, 1.54) is 16.7 Å². The lowest BCUT2D eigenvalue weighted by Crippen LogP contribution is -2.27. The van der Waals surface area contributed by atoms with Crippen molar-refractivity contribution in [2.75, 3.05) is 0 Å². The van der Waals surface area contributed by atoms with Crippen LogP contribution < -0.4 is 5.32 Å². The van der Waals surface area contributed by atoms with Crippen molar-refractivity contribution in [1.82, 2.24) is 5.32 Å². The molecule has 2 N–H and O–H groups in total. The van der Waals surface area contributed by atoms with Crippen LogP contribution in [0.15, 0.2) is 42.5 Å². The fourth-order valence-corrected chi connectivity index (χ4v) is 3.36. The molecule has 4 nitrogen and oxygen atoms in total. The number of benzene rings is 2. The van der Waals surface area contributed by atoms with Gasteiger partial charge >= 0.3 is 5.97 Å². The van der Waals surface area contributed by atoms with Crippen molar-refractivity contribution in [3.8, 4) is 0 Å². The highest BCUT2D eigenvalue weighted by Crippen LogP contribution is 2.31. The van der Waals surface area contributed by atoms with Crippen molar-refractivity contribution >= 4 is 11.9 Å². The summed E-state index contributed by atoms with van der Waals surface area (Å²) in [6.07, 6.45) is 2.64. The number of hydrogen-bond acceptors (Lipinski definition) is 2. The largest absolute Gasteiger partial charge is 0.478 e. The van der Waals surface area contributed by atoms with E-state index in [0.717, 1.165) is 12.8 Å². The first kappa shape index (κ1) is 16.2. The van der Waals surface area contributed by atoms with Crippen LogP contribution in [0.3, 0.4) is 0 Å². The summed E-state index contributed by atoms with van der Waals surface area (Å²) in [6.45, 7) is 2.08. The average molecular weight is 323 g/mol. The van der Waals surface area contributed by atoms with Gasteiger partial charge in [-0.05, 0) is 48.9 Å². The van der Waals surface area contributed by atoms with E-state index in [4.69, 9.17) is 0 Å². The summed E-state index contributed by atoms with van der Waals surface area (Å²) in [6, 6.07) is 13.3. The molecule has 3 rings (SSSR count). The first-order valence-corrected chi connectivity index (χ1v) is 8.24. The molecule has 0 heterocycles. The van der Waals surface area contributed by atoms with Gasteiger partial charge in [-0.2, -0.15) is 0 Å². The highest BCUT2D eigenvalue weighted by molar-refractivity contribution is 5.89. The smallest absolute Gasteiger partial charge is 0.335 e. The molecule has 2 aromatic rings. The third kappa shape index (κ3) is 3.48. The number of carbonyl (C=O) groups is 2. The van der Waals surface area contributed by atoms with E-state index in [1.807, 2.05) is 0 Å². The molecular weight excluding hydrogens is 302 g/mol. The molecule has 4 heteroatoms.